The number of nitrogens with zero attached hydrogens (tertiary/aromatic N) is 1. The molecule has 0 saturated carbocycles. The van der Waals surface area contributed by atoms with Gasteiger partial charge in [-0.05, 0) is 35.9 Å². The lowest BCUT2D eigenvalue weighted by molar-refractivity contribution is -0.385. The summed E-state index contributed by atoms with van der Waals surface area (Å²) in [4.78, 5) is 10.6. The number of methoxy groups -OCH3 is 1. The van der Waals surface area contributed by atoms with Crippen LogP contribution in [-0.4, -0.2) is 12.0 Å². The summed E-state index contributed by atoms with van der Waals surface area (Å²) in [5.74, 6) is 1.56. The minimum absolute atomic E-state index is 0.112. The fourth-order valence-electron chi connectivity index (χ4n) is 1.65. The number of hydrogen-bond acceptors (Lipinski definition) is 4. The standard InChI is InChI=1S/C14H12ClNO4/c1-19-11-3-5-12(6-4-11)20-14-7-2-10(9-15)8-13(14)16(17)18/h2-8H,9H2,1H3. The van der Waals surface area contributed by atoms with Crippen molar-refractivity contribution in [1.82, 2.24) is 0 Å². The zero-order valence-electron chi connectivity index (χ0n) is 10.7. The van der Waals surface area contributed by atoms with E-state index in [2.05, 4.69) is 0 Å². The van der Waals surface area contributed by atoms with Crippen molar-refractivity contribution in [2.45, 2.75) is 5.88 Å². The molecule has 2 aromatic rings. The molecule has 0 unspecified atom stereocenters. The molecule has 20 heavy (non-hydrogen) atoms. The quantitative estimate of drug-likeness (QED) is 0.472. The zero-order valence-corrected chi connectivity index (χ0v) is 11.5. The summed E-state index contributed by atoms with van der Waals surface area (Å²) in [6.45, 7) is 0. The summed E-state index contributed by atoms with van der Waals surface area (Å²) in [5.41, 5.74) is 0.555. The fourth-order valence-corrected chi connectivity index (χ4v) is 1.81. The zero-order chi connectivity index (χ0) is 14.5. The summed E-state index contributed by atoms with van der Waals surface area (Å²) < 4.78 is 10.6. The Morgan fingerprint density at radius 2 is 1.80 bits per heavy atom. The third kappa shape index (κ3) is 3.19. The molecule has 0 amide bonds. The van der Waals surface area contributed by atoms with Gasteiger partial charge in [0.15, 0.2) is 0 Å². The molecule has 0 fully saturated rings. The molecule has 0 atom stereocenters. The van der Waals surface area contributed by atoms with Gasteiger partial charge in [0.25, 0.3) is 0 Å². The lowest BCUT2D eigenvalue weighted by Crippen LogP contribution is -1.95. The second-order valence-electron chi connectivity index (χ2n) is 3.97. The van der Waals surface area contributed by atoms with Crippen LogP contribution in [-0.2, 0) is 5.88 Å². The third-order valence-electron chi connectivity index (χ3n) is 2.66. The number of halogens is 1. The second-order valence-corrected chi connectivity index (χ2v) is 4.24. The van der Waals surface area contributed by atoms with Crippen LogP contribution in [0.15, 0.2) is 42.5 Å². The Bertz CT molecular complexity index is 613. The first-order valence-electron chi connectivity index (χ1n) is 5.79. The minimum Gasteiger partial charge on any atom is -0.497 e. The number of ether oxygens (including phenoxy) is 2. The van der Waals surface area contributed by atoms with E-state index in [9.17, 15) is 10.1 Å². The van der Waals surface area contributed by atoms with Crippen LogP contribution in [0.4, 0.5) is 5.69 Å². The van der Waals surface area contributed by atoms with E-state index < -0.39 is 4.92 Å². The molecule has 0 N–H and O–H groups in total. The Labute approximate surface area is 120 Å². The average molecular weight is 294 g/mol. The van der Waals surface area contributed by atoms with Crippen LogP contribution < -0.4 is 9.47 Å². The predicted molar refractivity (Wildman–Crippen MR) is 75.7 cm³/mol. The number of nitro groups is 1. The number of nitro benzene ring substituents is 1. The lowest BCUT2D eigenvalue weighted by Gasteiger charge is -2.08. The summed E-state index contributed by atoms with van der Waals surface area (Å²) >= 11 is 5.67. The summed E-state index contributed by atoms with van der Waals surface area (Å²) in [5, 5.41) is 11.0. The van der Waals surface area contributed by atoms with Crippen molar-refractivity contribution in [3.8, 4) is 17.2 Å². The summed E-state index contributed by atoms with van der Waals surface area (Å²) in [7, 11) is 1.56. The van der Waals surface area contributed by atoms with E-state index in [0.717, 1.165) is 0 Å². The molecule has 0 aliphatic heterocycles. The first-order valence-corrected chi connectivity index (χ1v) is 6.32. The van der Waals surface area contributed by atoms with Crippen LogP contribution >= 0.6 is 11.6 Å². The van der Waals surface area contributed by atoms with Gasteiger partial charge in [0.1, 0.15) is 11.5 Å². The topological polar surface area (TPSA) is 61.6 Å². The van der Waals surface area contributed by atoms with Gasteiger partial charge < -0.3 is 9.47 Å². The molecule has 2 aromatic carbocycles. The van der Waals surface area contributed by atoms with Crippen molar-refractivity contribution in [2.24, 2.45) is 0 Å². The van der Waals surface area contributed by atoms with Crippen LogP contribution in [0.5, 0.6) is 17.2 Å². The van der Waals surface area contributed by atoms with Crippen molar-refractivity contribution in [3.63, 3.8) is 0 Å². The average Bonchev–Trinajstić information content (AvgIpc) is 2.48. The Balaban J connectivity index is 2.29. The lowest BCUT2D eigenvalue weighted by atomic mass is 10.2. The van der Waals surface area contributed by atoms with Crippen molar-refractivity contribution in [3.05, 3.63) is 58.1 Å². The smallest absolute Gasteiger partial charge is 0.311 e. The molecule has 0 aliphatic carbocycles. The predicted octanol–water partition coefficient (Wildman–Crippen LogP) is 4.13. The SMILES string of the molecule is COc1ccc(Oc2ccc(CCl)cc2[N+](=O)[O-])cc1. The molecule has 0 aromatic heterocycles. The van der Waals surface area contributed by atoms with Gasteiger partial charge in [0, 0.05) is 11.9 Å². The number of hydrogen-bond donors (Lipinski definition) is 0. The van der Waals surface area contributed by atoms with Crippen LogP contribution in [0.1, 0.15) is 5.56 Å². The molecular weight excluding hydrogens is 282 g/mol. The van der Waals surface area contributed by atoms with Gasteiger partial charge >= 0.3 is 5.69 Å². The van der Waals surface area contributed by atoms with Crippen molar-refractivity contribution >= 4 is 17.3 Å². The van der Waals surface area contributed by atoms with E-state index in [0.29, 0.717) is 17.1 Å². The number of alkyl halides is 1. The number of rotatable bonds is 5. The Morgan fingerprint density at radius 3 is 2.35 bits per heavy atom. The van der Waals surface area contributed by atoms with Crippen molar-refractivity contribution in [1.29, 1.82) is 0 Å². The molecule has 0 heterocycles. The first kappa shape index (κ1) is 14.1. The van der Waals surface area contributed by atoms with E-state index in [1.165, 1.54) is 6.07 Å². The molecule has 2 rings (SSSR count). The normalized spacial score (nSPS) is 10.1. The molecule has 0 aliphatic rings. The van der Waals surface area contributed by atoms with Gasteiger partial charge in [-0.3, -0.25) is 10.1 Å². The fraction of sp³-hybridized carbons (Fsp3) is 0.143. The highest BCUT2D eigenvalue weighted by Gasteiger charge is 2.16. The van der Waals surface area contributed by atoms with Gasteiger partial charge in [-0.1, -0.05) is 6.07 Å². The maximum Gasteiger partial charge on any atom is 0.311 e. The van der Waals surface area contributed by atoms with Gasteiger partial charge in [-0.25, -0.2) is 0 Å². The van der Waals surface area contributed by atoms with Crippen LogP contribution in [0, 0.1) is 10.1 Å². The Kier molecular flexibility index (Phi) is 4.42. The highest BCUT2D eigenvalue weighted by molar-refractivity contribution is 6.17. The van der Waals surface area contributed by atoms with E-state index in [1.54, 1.807) is 43.5 Å². The van der Waals surface area contributed by atoms with Gasteiger partial charge in [0.05, 0.1) is 12.0 Å². The summed E-state index contributed by atoms with van der Waals surface area (Å²) in [6, 6.07) is 11.4. The second kappa shape index (κ2) is 6.25. The van der Waals surface area contributed by atoms with Gasteiger partial charge in [-0.15, -0.1) is 11.6 Å². The van der Waals surface area contributed by atoms with Crippen molar-refractivity contribution in [2.75, 3.05) is 7.11 Å². The van der Waals surface area contributed by atoms with E-state index in [-0.39, 0.29) is 17.3 Å². The molecule has 0 radical (unpaired) electrons. The molecule has 0 bridgehead atoms. The Morgan fingerprint density at radius 1 is 1.15 bits per heavy atom. The number of benzene rings is 2. The maximum atomic E-state index is 11.0. The highest BCUT2D eigenvalue weighted by Crippen LogP contribution is 2.33. The van der Waals surface area contributed by atoms with Gasteiger partial charge in [0.2, 0.25) is 5.75 Å². The highest BCUT2D eigenvalue weighted by atomic mass is 35.5. The Hall–Kier alpha value is -2.27. The molecular formula is C14H12ClNO4. The minimum atomic E-state index is -0.491. The van der Waals surface area contributed by atoms with Crippen LogP contribution in [0.25, 0.3) is 0 Å². The van der Waals surface area contributed by atoms with Gasteiger partial charge in [-0.2, -0.15) is 0 Å². The molecule has 6 heteroatoms. The summed E-state index contributed by atoms with van der Waals surface area (Å²) in [6.07, 6.45) is 0. The van der Waals surface area contributed by atoms with E-state index in [4.69, 9.17) is 21.1 Å². The van der Waals surface area contributed by atoms with E-state index >= 15 is 0 Å². The van der Waals surface area contributed by atoms with Crippen LogP contribution in [0.2, 0.25) is 0 Å². The van der Waals surface area contributed by atoms with E-state index in [1.807, 2.05) is 0 Å². The molecule has 0 spiro atoms. The first-order chi connectivity index (χ1) is 9.63. The molecule has 5 nitrogen and oxygen atoms in total. The van der Waals surface area contributed by atoms with Crippen molar-refractivity contribution < 1.29 is 14.4 Å². The maximum absolute atomic E-state index is 11.0. The third-order valence-corrected chi connectivity index (χ3v) is 2.97. The largest absolute Gasteiger partial charge is 0.497 e. The monoisotopic (exact) mass is 293 g/mol. The van der Waals surface area contributed by atoms with Crippen LogP contribution in [0.3, 0.4) is 0 Å². The molecule has 0 saturated heterocycles. The molecule has 104 valence electrons.